The summed E-state index contributed by atoms with van der Waals surface area (Å²) < 4.78 is 5.05. The van der Waals surface area contributed by atoms with E-state index in [1.807, 2.05) is 32.0 Å². The number of aromatic amines is 1. The second kappa shape index (κ2) is 4.35. The minimum Gasteiger partial charge on any atom is -0.339 e. The Hall–Kier alpha value is -2.43. The topological polar surface area (TPSA) is 71.8 Å². The Morgan fingerprint density at radius 3 is 2.95 bits per heavy atom. The van der Waals surface area contributed by atoms with Gasteiger partial charge in [0.05, 0.1) is 11.1 Å². The molecule has 5 heteroatoms. The average molecular weight is 255 g/mol. The molecule has 0 unspecified atom stereocenters. The maximum atomic E-state index is 12.1. The Balaban J connectivity index is 2.24. The van der Waals surface area contributed by atoms with Crippen LogP contribution in [0.4, 0.5) is 0 Å². The molecule has 1 aromatic carbocycles. The Morgan fingerprint density at radius 1 is 1.37 bits per heavy atom. The van der Waals surface area contributed by atoms with Crippen molar-refractivity contribution in [1.29, 1.82) is 0 Å². The molecule has 0 amide bonds. The number of hydrogen-bond donors (Lipinski definition) is 1. The van der Waals surface area contributed by atoms with E-state index in [4.69, 9.17) is 4.52 Å². The number of nitrogens with zero attached hydrogens (tertiary/aromatic N) is 2. The molecule has 96 valence electrons. The predicted octanol–water partition coefficient (Wildman–Crippen LogP) is 2.45. The van der Waals surface area contributed by atoms with Crippen LogP contribution in [0.3, 0.4) is 0 Å². The summed E-state index contributed by atoms with van der Waals surface area (Å²) in [5.74, 6) is 0.861. The molecule has 2 aromatic heterocycles. The third-order valence-corrected chi connectivity index (χ3v) is 3.10. The number of benzene rings is 1. The summed E-state index contributed by atoms with van der Waals surface area (Å²) in [5.41, 5.74) is 2.10. The molecule has 0 radical (unpaired) electrons. The lowest BCUT2D eigenvalue weighted by atomic mass is 10.1. The second-order valence-corrected chi connectivity index (χ2v) is 4.42. The van der Waals surface area contributed by atoms with Gasteiger partial charge >= 0.3 is 0 Å². The van der Waals surface area contributed by atoms with Crippen molar-refractivity contribution in [3.63, 3.8) is 0 Å². The summed E-state index contributed by atoms with van der Waals surface area (Å²) >= 11 is 0. The molecular formula is C14H13N3O2. The predicted molar refractivity (Wildman–Crippen MR) is 72.0 cm³/mol. The fourth-order valence-electron chi connectivity index (χ4n) is 2.06. The van der Waals surface area contributed by atoms with Gasteiger partial charge in [0.15, 0.2) is 0 Å². The molecule has 0 aliphatic rings. The van der Waals surface area contributed by atoms with Gasteiger partial charge in [-0.05, 0) is 23.9 Å². The van der Waals surface area contributed by atoms with E-state index in [2.05, 4.69) is 15.1 Å². The molecule has 0 atom stereocenters. The Kier molecular flexibility index (Phi) is 2.67. The first-order valence-corrected chi connectivity index (χ1v) is 6.14. The van der Waals surface area contributed by atoms with Crippen LogP contribution in [0.25, 0.3) is 22.3 Å². The van der Waals surface area contributed by atoms with Crippen LogP contribution in [0.15, 0.2) is 33.6 Å². The molecule has 2 heterocycles. The monoisotopic (exact) mass is 255 g/mol. The zero-order valence-electron chi connectivity index (χ0n) is 10.7. The Labute approximate surface area is 109 Å². The summed E-state index contributed by atoms with van der Waals surface area (Å²) in [6, 6.07) is 7.66. The third kappa shape index (κ3) is 1.93. The van der Waals surface area contributed by atoms with Gasteiger partial charge in [0.25, 0.3) is 5.56 Å². The molecule has 0 spiro atoms. The number of para-hydroxylation sites is 1. The first-order valence-electron chi connectivity index (χ1n) is 6.14. The highest BCUT2D eigenvalue weighted by Crippen LogP contribution is 2.19. The smallest absolute Gasteiger partial charge is 0.259 e. The van der Waals surface area contributed by atoms with Crippen molar-refractivity contribution < 1.29 is 4.52 Å². The van der Waals surface area contributed by atoms with E-state index in [1.165, 1.54) is 0 Å². The molecule has 5 nitrogen and oxygen atoms in total. The van der Waals surface area contributed by atoms with Gasteiger partial charge in [0.1, 0.15) is 0 Å². The highest BCUT2D eigenvalue weighted by molar-refractivity contribution is 5.84. The van der Waals surface area contributed by atoms with Crippen molar-refractivity contribution in [3.8, 4) is 11.4 Å². The van der Waals surface area contributed by atoms with E-state index in [0.29, 0.717) is 23.7 Å². The number of nitrogens with one attached hydrogen (secondary N) is 1. The number of hydrogen-bond acceptors (Lipinski definition) is 4. The lowest BCUT2D eigenvalue weighted by Crippen LogP contribution is -2.10. The Morgan fingerprint density at radius 2 is 2.21 bits per heavy atom. The zero-order chi connectivity index (χ0) is 13.4. The van der Waals surface area contributed by atoms with Crippen LogP contribution < -0.4 is 5.56 Å². The van der Waals surface area contributed by atoms with Gasteiger partial charge in [-0.15, -0.1) is 0 Å². The second-order valence-electron chi connectivity index (χ2n) is 4.42. The lowest BCUT2D eigenvalue weighted by Gasteiger charge is -2.02. The molecule has 0 saturated heterocycles. The Bertz CT molecular complexity index is 802. The fourth-order valence-corrected chi connectivity index (χ4v) is 2.06. The van der Waals surface area contributed by atoms with Crippen LogP contribution >= 0.6 is 0 Å². The van der Waals surface area contributed by atoms with Crippen LogP contribution in [0.5, 0.6) is 0 Å². The van der Waals surface area contributed by atoms with E-state index in [0.717, 1.165) is 16.5 Å². The largest absolute Gasteiger partial charge is 0.339 e. The summed E-state index contributed by atoms with van der Waals surface area (Å²) in [4.78, 5) is 19.2. The minimum absolute atomic E-state index is 0.203. The van der Waals surface area contributed by atoms with Crippen LogP contribution in [-0.4, -0.2) is 15.1 Å². The van der Waals surface area contributed by atoms with Crippen molar-refractivity contribution in [2.24, 2.45) is 0 Å². The number of rotatable bonds is 2. The quantitative estimate of drug-likeness (QED) is 0.763. The average Bonchev–Trinajstić information content (AvgIpc) is 2.88. The van der Waals surface area contributed by atoms with E-state index < -0.39 is 0 Å². The van der Waals surface area contributed by atoms with Gasteiger partial charge < -0.3 is 9.51 Å². The fraction of sp³-hybridized carbons (Fsp3) is 0.214. The first-order chi connectivity index (χ1) is 9.19. The number of aromatic nitrogens is 3. The van der Waals surface area contributed by atoms with Gasteiger partial charge in [-0.3, -0.25) is 4.79 Å². The van der Waals surface area contributed by atoms with Crippen molar-refractivity contribution in [3.05, 3.63) is 46.1 Å². The standard InChI is InChI=1S/C14H13N3O2/c1-3-11-15-13(17-19-11)10-7-9-6-4-5-8(2)12(9)16-14(10)18/h4-7H,3H2,1-2H3,(H,16,18). The molecule has 1 N–H and O–H groups in total. The number of H-pyrrole nitrogens is 1. The minimum atomic E-state index is -0.203. The maximum absolute atomic E-state index is 12.1. The van der Waals surface area contributed by atoms with Crippen molar-refractivity contribution in [2.45, 2.75) is 20.3 Å². The normalized spacial score (nSPS) is 11.1. The number of fused-ring (bicyclic) bond motifs is 1. The van der Waals surface area contributed by atoms with Crippen molar-refractivity contribution in [2.75, 3.05) is 0 Å². The SMILES string of the molecule is CCc1nc(-c2cc3cccc(C)c3[nH]c2=O)no1. The van der Waals surface area contributed by atoms with E-state index in [-0.39, 0.29) is 5.56 Å². The molecule has 0 aliphatic heterocycles. The van der Waals surface area contributed by atoms with Crippen LogP contribution in [0.2, 0.25) is 0 Å². The maximum Gasteiger partial charge on any atom is 0.259 e. The molecule has 3 aromatic rings. The van der Waals surface area contributed by atoms with E-state index >= 15 is 0 Å². The van der Waals surface area contributed by atoms with Crippen LogP contribution in [0, 0.1) is 6.92 Å². The molecule has 0 fully saturated rings. The third-order valence-electron chi connectivity index (χ3n) is 3.10. The summed E-state index contributed by atoms with van der Waals surface area (Å²) in [5, 5.41) is 4.80. The summed E-state index contributed by atoms with van der Waals surface area (Å²) in [6.45, 7) is 3.88. The summed E-state index contributed by atoms with van der Waals surface area (Å²) in [7, 11) is 0. The number of aryl methyl sites for hydroxylation is 2. The molecule has 19 heavy (non-hydrogen) atoms. The zero-order valence-corrected chi connectivity index (χ0v) is 10.7. The molecule has 0 aliphatic carbocycles. The van der Waals surface area contributed by atoms with Gasteiger partial charge in [-0.25, -0.2) is 0 Å². The lowest BCUT2D eigenvalue weighted by molar-refractivity contribution is 0.382. The number of pyridine rings is 1. The highest BCUT2D eigenvalue weighted by atomic mass is 16.5. The van der Waals surface area contributed by atoms with Gasteiger partial charge in [-0.2, -0.15) is 4.98 Å². The molecule has 0 saturated carbocycles. The van der Waals surface area contributed by atoms with Gasteiger partial charge in [0, 0.05) is 6.42 Å². The molecular weight excluding hydrogens is 242 g/mol. The van der Waals surface area contributed by atoms with Crippen LogP contribution in [-0.2, 0) is 6.42 Å². The highest BCUT2D eigenvalue weighted by Gasteiger charge is 2.12. The molecule has 0 bridgehead atoms. The van der Waals surface area contributed by atoms with Crippen molar-refractivity contribution in [1.82, 2.24) is 15.1 Å². The first kappa shape index (κ1) is 11.6. The van der Waals surface area contributed by atoms with Crippen molar-refractivity contribution >= 4 is 10.9 Å². The van der Waals surface area contributed by atoms with Crippen LogP contribution in [0.1, 0.15) is 18.4 Å². The van der Waals surface area contributed by atoms with E-state index in [1.54, 1.807) is 6.07 Å². The van der Waals surface area contributed by atoms with Gasteiger partial charge in [0.2, 0.25) is 11.7 Å². The summed E-state index contributed by atoms with van der Waals surface area (Å²) in [6.07, 6.45) is 0.650. The molecule has 3 rings (SSSR count). The van der Waals surface area contributed by atoms with Gasteiger partial charge in [-0.1, -0.05) is 30.3 Å². The van der Waals surface area contributed by atoms with E-state index in [9.17, 15) is 4.79 Å².